The predicted molar refractivity (Wildman–Crippen MR) is 93.7 cm³/mol. The lowest BCUT2D eigenvalue weighted by Crippen LogP contribution is -2.06. The van der Waals surface area contributed by atoms with Crippen LogP contribution in [0, 0.1) is 6.92 Å². The molecule has 0 aliphatic rings. The summed E-state index contributed by atoms with van der Waals surface area (Å²) in [6.45, 7) is 4.19. The maximum Gasteiger partial charge on any atom is 0.341 e. The molecule has 0 saturated heterocycles. The summed E-state index contributed by atoms with van der Waals surface area (Å²) in [5.41, 5.74) is 4.31. The molecule has 1 aromatic heterocycles. The van der Waals surface area contributed by atoms with Gasteiger partial charge in [-0.2, -0.15) is 4.37 Å². The van der Waals surface area contributed by atoms with Crippen molar-refractivity contribution < 1.29 is 9.53 Å². The molecule has 0 fully saturated rings. The molecule has 0 aliphatic carbocycles. The lowest BCUT2D eigenvalue weighted by atomic mass is 10.0. The second kappa shape index (κ2) is 6.75. The number of carbonyl (C=O) groups is 1. The second-order valence-corrected chi connectivity index (χ2v) is 5.96. The van der Waals surface area contributed by atoms with E-state index < -0.39 is 0 Å². The van der Waals surface area contributed by atoms with E-state index in [1.807, 2.05) is 68.4 Å². The molecule has 3 nitrogen and oxygen atoms in total. The molecule has 0 saturated carbocycles. The molecule has 0 aliphatic heterocycles. The number of nitrogens with zero attached hydrogens (tertiary/aromatic N) is 1. The van der Waals surface area contributed by atoms with Crippen LogP contribution in [-0.4, -0.2) is 16.9 Å². The van der Waals surface area contributed by atoms with E-state index in [1.54, 1.807) is 0 Å². The van der Waals surface area contributed by atoms with E-state index in [0.29, 0.717) is 17.9 Å². The van der Waals surface area contributed by atoms with Gasteiger partial charge in [0.15, 0.2) is 0 Å². The minimum Gasteiger partial charge on any atom is -0.462 e. The standard InChI is InChI=1S/C19H17NO2S/c1-3-22-19(21)16-17(14-11-9-13(2)10-12-14)20-23-18(16)15-7-5-4-6-8-15/h4-12H,3H2,1-2H3. The highest BCUT2D eigenvalue weighted by molar-refractivity contribution is 7.10. The molecule has 2 aromatic carbocycles. The maximum absolute atomic E-state index is 12.5. The number of esters is 1. The van der Waals surface area contributed by atoms with Crippen LogP contribution in [0.2, 0.25) is 0 Å². The van der Waals surface area contributed by atoms with E-state index in [0.717, 1.165) is 16.0 Å². The molecule has 0 N–H and O–H groups in total. The van der Waals surface area contributed by atoms with E-state index in [1.165, 1.54) is 17.1 Å². The fourth-order valence-corrected chi connectivity index (χ4v) is 3.27. The molecule has 0 amide bonds. The Morgan fingerprint density at radius 3 is 2.39 bits per heavy atom. The van der Waals surface area contributed by atoms with E-state index in [9.17, 15) is 4.79 Å². The van der Waals surface area contributed by atoms with E-state index in [-0.39, 0.29) is 5.97 Å². The first kappa shape index (κ1) is 15.4. The van der Waals surface area contributed by atoms with Crippen LogP contribution < -0.4 is 0 Å². The molecule has 0 radical (unpaired) electrons. The molecule has 4 heteroatoms. The summed E-state index contributed by atoms with van der Waals surface area (Å²) in [5, 5.41) is 0. The van der Waals surface area contributed by atoms with Crippen molar-refractivity contribution in [3.8, 4) is 21.7 Å². The van der Waals surface area contributed by atoms with Crippen molar-refractivity contribution in [3.05, 3.63) is 65.7 Å². The minimum atomic E-state index is -0.323. The van der Waals surface area contributed by atoms with Crippen LogP contribution >= 0.6 is 11.5 Å². The smallest absolute Gasteiger partial charge is 0.341 e. The van der Waals surface area contributed by atoms with Gasteiger partial charge in [-0.05, 0) is 30.9 Å². The third-order valence-corrected chi connectivity index (χ3v) is 4.43. The Hall–Kier alpha value is -2.46. The zero-order chi connectivity index (χ0) is 16.2. The van der Waals surface area contributed by atoms with Crippen molar-refractivity contribution in [1.29, 1.82) is 0 Å². The number of carbonyl (C=O) groups excluding carboxylic acids is 1. The summed E-state index contributed by atoms with van der Waals surface area (Å²) in [6, 6.07) is 17.8. The molecule has 3 aromatic rings. The largest absolute Gasteiger partial charge is 0.462 e. The molecule has 0 bridgehead atoms. The third-order valence-electron chi connectivity index (χ3n) is 3.53. The summed E-state index contributed by atoms with van der Waals surface area (Å²) in [7, 11) is 0. The molecule has 116 valence electrons. The molecule has 0 atom stereocenters. The summed E-state index contributed by atoms with van der Waals surface area (Å²) >= 11 is 1.33. The van der Waals surface area contributed by atoms with Crippen molar-refractivity contribution in [3.63, 3.8) is 0 Å². The van der Waals surface area contributed by atoms with Crippen molar-refractivity contribution in [2.45, 2.75) is 13.8 Å². The highest BCUT2D eigenvalue weighted by Crippen LogP contribution is 2.36. The Bertz CT molecular complexity index is 807. The van der Waals surface area contributed by atoms with Crippen LogP contribution in [0.3, 0.4) is 0 Å². The maximum atomic E-state index is 12.5. The van der Waals surface area contributed by atoms with Crippen LogP contribution in [0.1, 0.15) is 22.8 Å². The first-order chi connectivity index (χ1) is 11.2. The van der Waals surface area contributed by atoms with Gasteiger partial charge in [-0.25, -0.2) is 4.79 Å². The van der Waals surface area contributed by atoms with Crippen LogP contribution in [0.4, 0.5) is 0 Å². The first-order valence-electron chi connectivity index (χ1n) is 7.50. The lowest BCUT2D eigenvalue weighted by Gasteiger charge is -2.06. The van der Waals surface area contributed by atoms with Gasteiger partial charge in [-0.3, -0.25) is 0 Å². The fourth-order valence-electron chi connectivity index (χ4n) is 2.38. The summed E-state index contributed by atoms with van der Waals surface area (Å²) in [4.78, 5) is 13.4. The number of benzene rings is 2. The Labute approximate surface area is 139 Å². The number of aryl methyl sites for hydroxylation is 1. The minimum absolute atomic E-state index is 0.323. The van der Waals surface area contributed by atoms with Crippen molar-refractivity contribution in [1.82, 2.24) is 4.37 Å². The Balaban J connectivity index is 2.15. The fraction of sp³-hybridized carbons (Fsp3) is 0.158. The molecular formula is C19H17NO2S. The highest BCUT2D eigenvalue weighted by atomic mass is 32.1. The molecule has 23 heavy (non-hydrogen) atoms. The number of ether oxygens (including phenoxy) is 1. The van der Waals surface area contributed by atoms with Gasteiger partial charge < -0.3 is 4.74 Å². The molecule has 3 rings (SSSR count). The van der Waals surface area contributed by atoms with Crippen molar-refractivity contribution >= 4 is 17.5 Å². The van der Waals surface area contributed by atoms with Crippen molar-refractivity contribution in [2.24, 2.45) is 0 Å². The zero-order valence-corrected chi connectivity index (χ0v) is 13.9. The zero-order valence-electron chi connectivity index (χ0n) is 13.1. The van der Waals surface area contributed by atoms with Crippen LogP contribution in [-0.2, 0) is 4.74 Å². The van der Waals surface area contributed by atoms with E-state index >= 15 is 0 Å². The summed E-state index contributed by atoms with van der Waals surface area (Å²) < 4.78 is 9.80. The number of hydrogen-bond acceptors (Lipinski definition) is 4. The molecule has 0 unspecified atom stereocenters. The number of rotatable bonds is 4. The van der Waals surface area contributed by atoms with Crippen LogP contribution in [0.25, 0.3) is 21.7 Å². The highest BCUT2D eigenvalue weighted by Gasteiger charge is 2.23. The van der Waals surface area contributed by atoms with Gasteiger partial charge in [0.2, 0.25) is 0 Å². The van der Waals surface area contributed by atoms with Gasteiger partial charge in [-0.1, -0.05) is 60.2 Å². The Kier molecular flexibility index (Phi) is 4.53. The summed E-state index contributed by atoms with van der Waals surface area (Å²) in [6.07, 6.45) is 0. The second-order valence-electron chi connectivity index (χ2n) is 5.19. The van der Waals surface area contributed by atoms with E-state index in [2.05, 4.69) is 4.37 Å². The predicted octanol–water partition coefficient (Wildman–Crippen LogP) is 4.96. The molecule has 1 heterocycles. The Morgan fingerprint density at radius 1 is 1.04 bits per heavy atom. The van der Waals surface area contributed by atoms with Gasteiger partial charge in [-0.15, -0.1) is 0 Å². The van der Waals surface area contributed by atoms with Gasteiger partial charge in [0, 0.05) is 5.56 Å². The first-order valence-corrected chi connectivity index (χ1v) is 8.27. The van der Waals surface area contributed by atoms with Gasteiger partial charge in [0.25, 0.3) is 0 Å². The molecule has 0 spiro atoms. The van der Waals surface area contributed by atoms with Gasteiger partial charge in [0.05, 0.1) is 17.2 Å². The van der Waals surface area contributed by atoms with Crippen LogP contribution in [0.15, 0.2) is 54.6 Å². The third kappa shape index (κ3) is 3.17. The summed E-state index contributed by atoms with van der Waals surface area (Å²) in [5.74, 6) is -0.323. The van der Waals surface area contributed by atoms with E-state index in [4.69, 9.17) is 4.74 Å². The topological polar surface area (TPSA) is 39.2 Å². The van der Waals surface area contributed by atoms with Gasteiger partial charge >= 0.3 is 5.97 Å². The molecular weight excluding hydrogens is 306 g/mol. The Morgan fingerprint density at radius 2 is 1.74 bits per heavy atom. The van der Waals surface area contributed by atoms with Crippen molar-refractivity contribution in [2.75, 3.05) is 6.61 Å². The average molecular weight is 323 g/mol. The van der Waals surface area contributed by atoms with Gasteiger partial charge in [0.1, 0.15) is 5.56 Å². The number of aromatic nitrogens is 1. The SMILES string of the molecule is CCOC(=O)c1c(-c2ccc(C)cc2)nsc1-c1ccccc1. The number of hydrogen-bond donors (Lipinski definition) is 0. The monoisotopic (exact) mass is 323 g/mol. The average Bonchev–Trinajstić information content (AvgIpc) is 3.01. The van der Waals surface area contributed by atoms with Crippen LogP contribution in [0.5, 0.6) is 0 Å². The lowest BCUT2D eigenvalue weighted by molar-refractivity contribution is 0.0528. The normalized spacial score (nSPS) is 10.5. The quantitative estimate of drug-likeness (QED) is 0.637.